The van der Waals surface area contributed by atoms with Crippen LogP contribution in [0.4, 0.5) is 0 Å². The van der Waals surface area contributed by atoms with Gasteiger partial charge in [0.2, 0.25) is 5.91 Å². The van der Waals surface area contributed by atoms with Crippen LogP contribution in [0.5, 0.6) is 0 Å². The number of fused-ring (bicyclic) bond motifs is 1. The first kappa shape index (κ1) is 20.9. The molecule has 1 amide bonds. The van der Waals surface area contributed by atoms with Crippen molar-refractivity contribution in [2.24, 2.45) is 0 Å². The van der Waals surface area contributed by atoms with Gasteiger partial charge in [-0.1, -0.05) is 24.3 Å². The number of amides is 1. The van der Waals surface area contributed by atoms with E-state index in [2.05, 4.69) is 5.32 Å². The fraction of sp³-hybridized carbons (Fsp3) is 0.333. The molecule has 29 heavy (non-hydrogen) atoms. The van der Waals surface area contributed by atoms with Gasteiger partial charge in [-0.05, 0) is 43.7 Å². The van der Waals surface area contributed by atoms with Crippen molar-refractivity contribution in [2.75, 3.05) is 6.26 Å². The Bertz CT molecular complexity index is 1190. The number of sulfone groups is 1. The van der Waals surface area contributed by atoms with E-state index in [4.69, 9.17) is 0 Å². The first-order chi connectivity index (χ1) is 13.7. The maximum absolute atomic E-state index is 12.6. The number of aryl methyl sites for hydroxylation is 2. The van der Waals surface area contributed by atoms with Gasteiger partial charge in [0.1, 0.15) is 0 Å². The van der Waals surface area contributed by atoms with Crippen LogP contribution in [0.15, 0.2) is 58.2 Å². The Hall–Kier alpha value is -2.87. The lowest BCUT2D eigenvalue weighted by Gasteiger charge is -2.15. The van der Waals surface area contributed by atoms with Gasteiger partial charge in [-0.15, -0.1) is 0 Å². The number of nitrogens with zero attached hydrogens (tertiary/aromatic N) is 2. The number of aromatic nitrogens is 2. The molecule has 3 rings (SSSR count). The average Bonchev–Trinajstić information content (AvgIpc) is 2.96. The second kappa shape index (κ2) is 8.24. The van der Waals surface area contributed by atoms with E-state index in [0.717, 1.165) is 22.9 Å². The van der Waals surface area contributed by atoms with Crippen molar-refractivity contribution in [2.45, 2.75) is 44.3 Å². The molecule has 0 aliphatic rings. The summed E-state index contributed by atoms with van der Waals surface area (Å²) >= 11 is 0. The van der Waals surface area contributed by atoms with E-state index < -0.39 is 9.84 Å². The molecular weight excluding hydrogens is 390 g/mol. The molecule has 0 bridgehead atoms. The summed E-state index contributed by atoms with van der Waals surface area (Å²) in [7, 11) is -3.25. The molecule has 1 atom stereocenters. The minimum Gasteiger partial charge on any atom is -0.350 e. The van der Waals surface area contributed by atoms with Crippen molar-refractivity contribution in [1.29, 1.82) is 0 Å². The Morgan fingerprint density at radius 3 is 2.17 bits per heavy atom. The molecule has 8 heteroatoms. The quantitative estimate of drug-likeness (QED) is 0.642. The van der Waals surface area contributed by atoms with E-state index in [1.807, 2.05) is 38.1 Å². The molecule has 1 aromatic heterocycles. The summed E-state index contributed by atoms with van der Waals surface area (Å²) in [5, 5.41) is 2.90. The Morgan fingerprint density at radius 1 is 1.03 bits per heavy atom. The second-order valence-corrected chi connectivity index (χ2v) is 9.06. The van der Waals surface area contributed by atoms with Gasteiger partial charge in [0.15, 0.2) is 9.84 Å². The van der Waals surface area contributed by atoms with E-state index in [0.29, 0.717) is 6.54 Å². The number of rotatable bonds is 7. The van der Waals surface area contributed by atoms with Crippen LogP contribution in [0.25, 0.3) is 11.0 Å². The van der Waals surface area contributed by atoms with Gasteiger partial charge in [-0.25, -0.2) is 13.2 Å². The molecule has 7 nitrogen and oxygen atoms in total. The molecule has 0 unspecified atom stereocenters. The smallest absolute Gasteiger partial charge is 0.329 e. The molecular formula is C21H25N3O4S. The van der Waals surface area contributed by atoms with Crippen molar-refractivity contribution < 1.29 is 13.2 Å². The summed E-state index contributed by atoms with van der Waals surface area (Å²) in [4.78, 5) is 25.3. The summed E-state index contributed by atoms with van der Waals surface area (Å²) < 4.78 is 26.4. The predicted octanol–water partition coefficient (Wildman–Crippen LogP) is 2.49. The fourth-order valence-electron chi connectivity index (χ4n) is 3.41. The van der Waals surface area contributed by atoms with Crippen LogP contribution in [0.2, 0.25) is 0 Å². The summed E-state index contributed by atoms with van der Waals surface area (Å²) in [5.74, 6) is -0.176. The van der Waals surface area contributed by atoms with Gasteiger partial charge >= 0.3 is 5.69 Å². The molecule has 0 fully saturated rings. The van der Waals surface area contributed by atoms with Crippen LogP contribution in [-0.4, -0.2) is 29.7 Å². The molecule has 0 radical (unpaired) electrons. The molecule has 0 spiro atoms. The number of para-hydroxylation sites is 2. The lowest BCUT2D eigenvalue weighted by molar-refractivity contribution is -0.121. The topological polar surface area (TPSA) is 90.2 Å². The van der Waals surface area contributed by atoms with Crippen molar-refractivity contribution >= 4 is 26.8 Å². The summed E-state index contributed by atoms with van der Waals surface area (Å²) in [6.45, 7) is 4.61. The van der Waals surface area contributed by atoms with Crippen LogP contribution in [0.3, 0.4) is 0 Å². The van der Waals surface area contributed by atoms with Crippen LogP contribution in [0, 0.1) is 0 Å². The number of imidazole rings is 1. The van der Waals surface area contributed by atoms with Gasteiger partial charge in [0, 0.05) is 25.8 Å². The molecule has 1 heterocycles. The van der Waals surface area contributed by atoms with Crippen molar-refractivity contribution in [1.82, 2.24) is 14.5 Å². The first-order valence-electron chi connectivity index (χ1n) is 9.49. The standard InChI is InChI=1S/C21H25N3O4S/c1-4-23-18-7-5-6-8-19(18)24(21(23)26)14-13-20(25)22-15(2)16-9-11-17(12-10-16)29(3,27)28/h5-12,15H,4,13-14H2,1-3H3,(H,22,25)/t15-/m1/s1. The highest BCUT2D eigenvalue weighted by Gasteiger charge is 2.15. The highest BCUT2D eigenvalue weighted by atomic mass is 32.2. The number of carbonyl (C=O) groups excluding carboxylic acids is 1. The Kier molecular flexibility index (Phi) is 5.93. The molecule has 2 aromatic carbocycles. The zero-order chi connectivity index (χ0) is 21.2. The van der Waals surface area contributed by atoms with Crippen LogP contribution in [0.1, 0.15) is 31.9 Å². The summed E-state index contributed by atoms with van der Waals surface area (Å²) in [6, 6.07) is 13.7. The molecule has 3 aromatic rings. The van der Waals surface area contributed by atoms with E-state index >= 15 is 0 Å². The number of hydrogen-bond donors (Lipinski definition) is 1. The number of hydrogen-bond acceptors (Lipinski definition) is 4. The third kappa shape index (κ3) is 4.42. The third-order valence-corrected chi connectivity index (χ3v) is 6.12. The van der Waals surface area contributed by atoms with E-state index in [1.165, 1.54) is 12.1 Å². The highest BCUT2D eigenvalue weighted by Crippen LogP contribution is 2.17. The van der Waals surface area contributed by atoms with Gasteiger partial charge in [-0.3, -0.25) is 13.9 Å². The molecule has 154 valence electrons. The van der Waals surface area contributed by atoms with E-state index in [-0.39, 0.29) is 35.5 Å². The molecule has 0 saturated carbocycles. The minimum atomic E-state index is -3.25. The minimum absolute atomic E-state index is 0.120. The summed E-state index contributed by atoms with van der Waals surface area (Å²) in [6.07, 6.45) is 1.33. The highest BCUT2D eigenvalue weighted by molar-refractivity contribution is 7.90. The van der Waals surface area contributed by atoms with Crippen LogP contribution >= 0.6 is 0 Å². The largest absolute Gasteiger partial charge is 0.350 e. The second-order valence-electron chi connectivity index (χ2n) is 7.05. The van der Waals surface area contributed by atoms with Crippen LogP contribution in [-0.2, 0) is 27.7 Å². The first-order valence-corrected chi connectivity index (χ1v) is 11.4. The third-order valence-electron chi connectivity index (χ3n) is 4.99. The number of benzene rings is 2. The van der Waals surface area contributed by atoms with E-state index in [1.54, 1.807) is 21.3 Å². The zero-order valence-electron chi connectivity index (χ0n) is 16.8. The van der Waals surface area contributed by atoms with Gasteiger partial charge < -0.3 is 5.32 Å². The van der Waals surface area contributed by atoms with Crippen molar-refractivity contribution in [3.8, 4) is 0 Å². The van der Waals surface area contributed by atoms with Crippen molar-refractivity contribution in [3.05, 3.63) is 64.6 Å². The van der Waals surface area contributed by atoms with Gasteiger partial charge in [0.25, 0.3) is 0 Å². The molecule has 0 aliphatic carbocycles. The lowest BCUT2D eigenvalue weighted by atomic mass is 10.1. The Morgan fingerprint density at radius 2 is 1.62 bits per heavy atom. The number of carbonyl (C=O) groups is 1. The summed E-state index contributed by atoms with van der Waals surface area (Å²) in [5.41, 5.74) is 2.37. The fourth-order valence-corrected chi connectivity index (χ4v) is 4.04. The Labute approximate surface area is 169 Å². The predicted molar refractivity (Wildman–Crippen MR) is 113 cm³/mol. The normalized spacial score (nSPS) is 12.8. The van der Waals surface area contributed by atoms with Crippen molar-refractivity contribution in [3.63, 3.8) is 0 Å². The SMILES string of the molecule is CCn1c(=O)n(CCC(=O)N[C@H](C)c2ccc(S(C)(=O)=O)cc2)c2ccccc21. The maximum atomic E-state index is 12.6. The van der Waals surface area contributed by atoms with Gasteiger partial charge in [0.05, 0.1) is 22.0 Å². The molecule has 1 N–H and O–H groups in total. The molecule has 0 saturated heterocycles. The monoisotopic (exact) mass is 415 g/mol. The zero-order valence-corrected chi connectivity index (χ0v) is 17.6. The Balaban J connectivity index is 1.68. The van der Waals surface area contributed by atoms with Crippen LogP contribution < -0.4 is 11.0 Å². The molecule has 0 aliphatic heterocycles. The lowest BCUT2D eigenvalue weighted by Crippen LogP contribution is -2.30. The average molecular weight is 416 g/mol. The maximum Gasteiger partial charge on any atom is 0.329 e. The van der Waals surface area contributed by atoms with Gasteiger partial charge in [-0.2, -0.15) is 0 Å². The number of nitrogens with one attached hydrogen (secondary N) is 1. The van der Waals surface area contributed by atoms with E-state index in [9.17, 15) is 18.0 Å².